The number of rotatable bonds is 5. The van der Waals surface area contributed by atoms with Gasteiger partial charge in [0.25, 0.3) is 0 Å². The predicted octanol–water partition coefficient (Wildman–Crippen LogP) is 5.24. The number of H-pyrrole nitrogens is 1. The molecule has 27 heavy (non-hydrogen) atoms. The van der Waals surface area contributed by atoms with Gasteiger partial charge in [0.1, 0.15) is 5.82 Å². The van der Waals surface area contributed by atoms with Crippen LogP contribution >= 0.6 is 11.6 Å². The molecule has 0 aliphatic heterocycles. The molecule has 1 saturated carbocycles. The van der Waals surface area contributed by atoms with Gasteiger partial charge in [0.05, 0.1) is 11.0 Å². The number of aromatic nitrogens is 2. The van der Waals surface area contributed by atoms with Gasteiger partial charge >= 0.3 is 6.03 Å². The number of imidazole rings is 1. The number of anilines is 1. The molecule has 0 radical (unpaired) electrons. The Kier molecular flexibility index (Phi) is 5.30. The number of hydrogen-bond donors (Lipinski definition) is 2. The van der Waals surface area contributed by atoms with E-state index in [0.717, 1.165) is 35.4 Å². The van der Waals surface area contributed by atoms with Crippen LogP contribution in [-0.4, -0.2) is 33.5 Å². The highest BCUT2D eigenvalue weighted by atomic mass is 35.5. The number of benzene rings is 2. The molecule has 1 fully saturated rings. The average Bonchev–Trinajstić information content (AvgIpc) is 3.33. The van der Waals surface area contributed by atoms with Gasteiger partial charge in [0.15, 0.2) is 0 Å². The summed E-state index contributed by atoms with van der Waals surface area (Å²) in [6.45, 7) is 0.643. The Bertz CT molecular complexity index is 882. The van der Waals surface area contributed by atoms with Crippen LogP contribution in [0, 0.1) is 0 Å². The minimum Gasteiger partial charge on any atom is -0.342 e. The standard InChI is InChI=1S/C21H23ClN4O/c22-15-9-11-16(12-10-15)23-21(27)26(17-5-1-2-6-17)14-13-20-24-18-7-3-4-8-19(18)25-20/h3-4,7-12,17H,1-2,5-6,13-14H2,(H,23,27)(H,24,25). The molecular weight excluding hydrogens is 360 g/mol. The van der Waals surface area contributed by atoms with Crippen LogP contribution in [0.4, 0.5) is 10.5 Å². The van der Waals surface area contributed by atoms with Gasteiger partial charge < -0.3 is 15.2 Å². The Morgan fingerprint density at radius 1 is 1.15 bits per heavy atom. The fraction of sp³-hybridized carbons (Fsp3) is 0.333. The highest BCUT2D eigenvalue weighted by Gasteiger charge is 2.26. The van der Waals surface area contributed by atoms with Crippen molar-refractivity contribution in [2.45, 2.75) is 38.1 Å². The zero-order chi connectivity index (χ0) is 18.6. The third-order valence-electron chi connectivity index (χ3n) is 5.15. The normalized spacial score (nSPS) is 14.6. The monoisotopic (exact) mass is 382 g/mol. The predicted molar refractivity (Wildman–Crippen MR) is 109 cm³/mol. The first-order chi connectivity index (χ1) is 13.2. The number of carbonyl (C=O) groups is 1. The van der Waals surface area contributed by atoms with E-state index in [1.165, 1.54) is 12.8 Å². The first-order valence-electron chi connectivity index (χ1n) is 9.46. The summed E-state index contributed by atoms with van der Waals surface area (Å²) < 4.78 is 0. The molecule has 2 amide bonds. The number of hydrogen-bond acceptors (Lipinski definition) is 2. The molecule has 0 unspecified atom stereocenters. The van der Waals surface area contributed by atoms with Crippen molar-refractivity contribution in [2.75, 3.05) is 11.9 Å². The summed E-state index contributed by atoms with van der Waals surface area (Å²) in [5.74, 6) is 0.915. The minimum atomic E-state index is -0.0552. The molecule has 0 spiro atoms. The molecular formula is C21H23ClN4O. The van der Waals surface area contributed by atoms with Crippen LogP contribution < -0.4 is 5.32 Å². The second kappa shape index (κ2) is 8.01. The van der Waals surface area contributed by atoms with Gasteiger partial charge in [-0.25, -0.2) is 9.78 Å². The van der Waals surface area contributed by atoms with E-state index in [1.54, 1.807) is 12.1 Å². The molecule has 1 aliphatic rings. The molecule has 6 heteroatoms. The molecule has 1 aromatic heterocycles. The first-order valence-corrected chi connectivity index (χ1v) is 9.84. The number of para-hydroxylation sites is 2. The maximum Gasteiger partial charge on any atom is 0.322 e. The Labute approximate surface area is 163 Å². The number of aromatic amines is 1. The van der Waals surface area contributed by atoms with Gasteiger partial charge in [-0.15, -0.1) is 0 Å². The van der Waals surface area contributed by atoms with E-state index in [2.05, 4.69) is 15.3 Å². The molecule has 0 bridgehead atoms. The number of nitrogens with one attached hydrogen (secondary N) is 2. The average molecular weight is 383 g/mol. The summed E-state index contributed by atoms with van der Waals surface area (Å²) in [6, 6.07) is 15.5. The molecule has 2 N–H and O–H groups in total. The van der Waals surface area contributed by atoms with Crippen LogP contribution in [0.1, 0.15) is 31.5 Å². The molecule has 0 saturated heterocycles. The van der Waals surface area contributed by atoms with Crippen molar-refractivity contribution in [1.82, 2.24) is 14.9 Å². The molecule has 140 valence electrons. The van der Waals surface area contributed by atoms with Crippen LogP contribution in [0.2, 0.25) is 5.02 Å². The molecule has 1 aliphatic carbocycles. The number of amides is 2. The molecule has 3 aromatic rings. The van der Waals surface area contributed by atoms with E-state index in [4.69, 9.17) is 11.6 Å². The smallest absolute Gasteiger partial charge is 0.322 e. The van der Waals surface area contributed by atoms with Crippen molar-refractivity contribution in [1.29, 1.82) is 0 Å². The van der Waals surface area contributed by atoms with Crippen molar-refractivity contribution in [3.05, 3.63) is 59.4 Å². The highest BCUT2D eigenvalue weighted by molar-refractivity contribution is 6.30. The van der Waals surface area contributed by atoms with E-state index in [9.17, 15) is 4.79 Å². The number of nitrogens with zero attached hydrogens (tertiary/aromatic N) is 2. The Hall–Kier alpha value is -2.53. The molecule has 5 nitrogen and oxygen atoms in total. The lowest BCUT2D eigenvalue weighted by Crippen LogP contribution is -2.43. The lowest BCUT2D eigenvalue weighted by molar-refractivity contribution is 0.189. The summed E-state index contributed by atoms with van der Waals surface area (Å²) in [4.78, 5) is 22.9. The summed E-state index contributed by atoms with van der Waals surface area (Å²) in [5, 5.41) is 3.66. The van der Waals surface area contributed by atoms with Crippen molar-refractivity contribution in [3.8, 4) is 0 Å². The largest absolute Gasteiger partial charge is 0.342 e. The maximum atomic E-state index is 12.9. The van der Waals surface area contributed by atoms with E-state index in [-0.39, 0.29) is 6.03 Å². The van der Waals surface area contributed by atoms with E-state index in [0.29, 0.717) is 24.0 Å². The van der Waals surface area contributed by atoms with E-state index < -0.39 is 0 Å². The third-order valence-corrected chi connectivity index (χ3v) is 5.40. The van der Waals surface area contributed by atoms with Crippen LogP contribution in [-0.2, 0) is 6.42 Å². The van der Waals surface area contributed by atoms with Gasteiger partial charge in [-0.1, -0.05) is 36.6 Å². The first kappa shape index (κ1) is 17.9. The second-order valence-electron chi connectivity index (χ2n) is 7.02. The molecule has 1 heterocycles. The summed E-state index contributed by atoms with van der Waals surface area (Å²) in [7, 11) is 0. The molecule has 2 aromatic carbocycles. The quantitative estimate of drug-likeness (QED) is 0.634. The van der Waals surface area contributed by atoms with Gasteiger partial charge in [-0.05, 0) is 49.2 Å². The summed E-state index contributed by atoms with van der Waals surface area (Å²) in [6.07, 6.45) is 5.20. The SMILES string of the molecule is O=C(Nc1ccc(Cl)cc1)N(CCc1nc2ccccc2[nH]1)C1CCCC1. The third kappa shape index (κ3) is 4.25. The van der Waals surface area contributed by atoms with E-state index >= 15 is 0 Å². The van der Waals surface area contributed by atoms with Crippen LogP contribution in [0.25, 0.3) is 11.0 Å². The Morgan fingerprint density at radius 3 is 2.63 bits per heavy atom. The second-order valence-corrected chi connectivity index (χ2v) is 7.46. The Balaban J connectivity index is 1.46. The number of fused-ring (bicyclic) bond motifs is 1. The van der Waals surface area contributed by atoms with Crippen molar-refractivity contribution >= 4 is 34.4 Å². The summed E-state index contributed by atoms with van der Waals surface area (Å²) in [5.41, 5.74) is 2.76. The molecule has 0 atom stereocenters. The van der Waals surface area contributed by atoms with Gasteiger partial charge in [0, 0.05) is 29.7 Å². The van der Waals surface area contributed by atoms with Gasteiger partial charge in [-0.2, -0.15) is 0 Å². The zero-order valence-electron chi connectivity index (χ0n) is 15.1. The van der Waals surface area contributed by atoms with E-state index in [1.807, 2.05) is 41.3 Å². The highest BCUT2D eigenvalue weighted by Crippen LogP contribution is 2.25. The van der Waals surface area contributed by atoms with Crippen molar-refractivity contribution < 1.29 is 4.79 Å². The lowest BCUT2D eigenvalue weighted by Gasteiger charge is -2.29. The van der Waals surface area contributed by atoms with Crippen LogP contribution in [0.5, 0.6) is 0 Å². The minimum absolute atomic E-state index is 0.0552. The summed E-state index contributed by atoms with van der Waals surface area (Å²) >= 11 is 5.93. The number of carbonyl (C=O) groups excluding carboxylic acids is 1. The van der Waals surface area contributed by atoms with Crippen molar-refractivity contribution in [2.24, 2.45) is 0 Å². The zero-order valence-corrected chi connectivity index (χ0v) is 15.9. The maximum absolute atomic E-state index is 12.9. The van der Waals surface area contributed by atoms with Gasteiger partial charge in [-0.3, -0.25) is 0 Å². The van der Waals surface area contributed by atoms with Crippen LogP contribution in [0.15, 0.2) is 48.5 Å². The Morgan fingerprint density at radius 2 is 1.89 bits per heavy atom. The number of urea groups is 1. The fourth-order valence-electron chi connectivity index (χ4n) is 3.74. The number of halogens is 1. The van der Waals surface area contributed by atoms with Gasteiger partial charge in [0.2, 0.25) is 0 Å². The van der Waals surface area contributed by atoms with Crippen molar-refractivity contribution in [3.63, 3.8) is 0 Å². The topological polar surface area (TPSA) is 61.0 Å². The fourth-order valence-corrected chi connectivity index (χ4v) is 3.87. The molecule has 4 rings (SSSR count). The lowest BCUT2D eigenvalue weighted by atomic mass is 10.2. The van der Waals surface area contributed by atoms with Crippen LogP contribution in [0.3, 0.4) is 0 Å².